The number of nitrogens with zero attached hydrogens (tertiary/aromatic N) is 2. The second kappa shape index (κ2) is 8.70. The van der Waals surface area contributed by atoms with Gasteiger partial charge in [0.1, 0.15) is 6.10 Å². The molecule has 5 heteroatoms. The van der Waals surface area contributed by atoms with E-state index in [1.165, 1.54) is 28.1 Å². The first-order valence-electron chi connectivity index (χ1n) is 10.3. The fourth-order valence-corrected chi connectivity index (χ4v) is 4.51. The van der Waals surface area contributed by atoms with Gasteiger partial charge in [-0.2, -0.15) is 0 Å². The summed E-state index contributed by atoms with van der Waals surface area (Å²) < 4.78 is 4.99. The van der Waals surface area contributed by atoms with Gasteiger partial charge in [0.15, 0.2) is 0 Å². The zero-order valence-electron chi connectivity index (χ0n) is 16.9. The van der Waals surface area contributed by atoms with Crippen molar-refractivity contribution >= 4 is 23.1 Å². The molecule has 2 aromatic rings. The lowest BCUT2D eigenvalue weighted by Gasteiger charge is -2.31. The van der Waals surface area contributed by atoms with E-state index in [4.69, 9.17) is 9.84 Å². The monoisotopic (exact) mass is 392 g/mol. The molecule has 4 rings (SSSR count). The van der Waals surface area contributed by atoms with Crippen molar-refractivity contribution in [3.63, 3.8) is 0 Å². The Morgan fingerprint density at radius 2 is 1.93 bits per heavy atom. The maximum absolute atomic E-state index is 10.8. The van der Waals surface area contributed by atoms with E-state index < -0.39 is 6.16 Å². The maximum Gasteiger partial charge on any atom is 0.506 e. The predicted molar refractivity (Wildman–Crippen MR) is 116 cm³/mol. The minimum Gasteiger partial charge on any atom is -0.450 e. The number of ether oxygens (including phenoxy) is 1. The van der Waals surface area contributed by atoms with Crippen molar-refractivity contribution in [1.82, 2.24) is 4.90 Å². The van der Waals surface area contributed by atoms with E-state index in [-0.39, 0.29) is 6.10 Å². The number of anilines is 2. The minimum atomic E-state index is -1.17. The molecule has 5 nitrogen and oxygen atoms in total. The molecule has 1 unspecified atom stereocenters. The number of benzene rings is 2. The van der Waals surface area contributed by atoms with Crippen LogP contribution >= 0.6 is 0 Å². The summed E-state index contributed by atoms with van der Waals surface area (Å²) in [7, 11) is 2.14. The number of rotatable bonds is 4. The van der Waals surface area contributed by atoms with Gasteiger partial charge in [0.25, 0.3) is 0 Å². The van der Waals surface area contributed by atoms with Crippen LogP contribution in [0.25, 0.3) is 5.57 Å². The highest BCUT2D eigenvalue weighted by Gasteiger charge is 2.23. The van der Waals surface area contributed by atoms with Crippen LogP contribution in [0.3, 0.4) is 0 Å². The average Bonchev–Trinajstić information content (AvgIpc) is 2.84. The molecule has 2 aliphatic rings. The Hall–Kier alpha value is -2.79. The minimum absolute atomic E-state index is 0.201. The molecule has 0 aromatic heterocycles. The fraction of sp³-hybridized carbons (Fsp3) is 0.375. The van der Waals surface area contributed by atoms with Crippen molar-refractivity contribution in [2.24, 2.45) is 0 Å². The second-order valence-electron chi connectivity index (χ2n) is 7.85. The Balaban J connectivity index is 1.51. The zero-order chi connectivity index (χ0) is 20.2. The van der Waals surface area contributed by atoms with Crippen molar-refractivity contribution in [2.45, 2.75) is 31.8 Å². The Bertz CT molecular complexity index is 909. The van der Waals surface area contributed by atoms with Crippen molar-refractivity contribution < 1.29 is 14.6 Å². The van der Waals surface area contributed by atoms with Crippen LogP contribution in [0.5, 0.6) is 0 Å². The van der Waals surface area contributed by atoms with Crippen LogP contribution in [0.2, 0.25) is 0 Å². The van der Waals surface area contributed by atoms with Gasteiger partial charge in [-0.05, 0) is 55.5 Å². The van der Waals surface area contributed by atoms with Crippen LogP contribution in [0.15, 0.2) is 54.6 Å². The first kappa shape index (κ1) is 19.5. The van der Waals surface area contributed by atoms with E-state index in [1.54, 1.807) is 0 Å². The summed E-state index contributed by atoms with van der Waals surface area (Å²) in [6, 6.07) is 17.2. The number of carbonyl (C=O) groups is 1. The number of likely N-dealkylation sites (tertiary alicyclic amines) is 1. The largest absolute Gasteiger partial charge is 0.506 e. The topological polar surface area (TPSA) is 53.0 Å². The van der Waals surface area contributed by atoms with E-state index >= 15 is 0 Å². The third-order valence-corrected chi connectivity index (χ3v) is 5.91. The van der Waals surface area contributed by atoms with Gasteiger partial charge < -0.3 is 14.7 Å². The molecule has 152 valence electrons. The van der Waals surface area contributed by atoms with Gasteiger partial charge in [0.2, 0.25) is 0 Å². The summed E-state index contributed by atoms with van der Waals surface area (Å²) in [5, 5.41) is 8.87. The highest BCUT2D eigenvalue weighted by atomic mass is 16.7. The molecule has 0 saturated carbocycles. The standard InChI is InChI=1S/C24H28N2O3/c1-25-22-12-4-2-8-19(22)16-18(21-11-3-5-13-23(21)25)9-6-14-26-15-7-10-20(17-26)29-24(27)28/h2-5,8-9,11-13,20H,6-7,10,14-17H2,1H3,(H,27,28). The Morgan fingerprint density at radius 3 is 2.76 bits per heavy atom. The van der Waals surface area contributed by atoms with Crippen LogP contribution in [-0.4, -0.2) is 48.9 Å². The summed E-state index contributed by atoms with van der Waals surface area (Å²) in [6.45, 7) is 2.62. The van der Waals surface area contributed by atoms with Crippen LogP contribution in [-0.2, 0) is 11.2 Å². The summed E-state index contributed by atoms with van der Waals surface area (Å²) in [6.07, 6.45) is 4.65. The summed E-state index contributed by atoms with van der Waals surface area (Å²) >= 11 is 0. The molecule has 0 bridgehead atoms. The lowest BCUT2D eigenvalue weighted by Crippen LogP contribution is -2.40. The number of fused-ring (bicyclic) bond motifs is 2. The molecule has 0 amide bonds. The maximum atomic E-state index is 10.8. The molecule has 2 aliphatic heterocycles. The van der Waals surface area contributed by atoms with Crippen molar-refractivity contribution in [2.75, 3.05) is 31.6 Å². The zero-order valence-corrected chi connectivity index (χ0v) is 16.9. The number of hydrogen-bond acceptors (Lipinski definition) is 4. The third kappa shape index (κ3) is 4.46. The van der Waals surface area contributed by atoms with Gasteiger partial charge in [-0.15, -0.1) is 0 Å². The van der Waals surface area contributed by atoms with Crippen LogP contribution in [0.1, 0.15) is 30.4 Å². The van der Waals surface area contributed by atoms with Crippen molar-refractivity contribution in [3.05, 3.63) is 65.7 Å². The Kier molecular flexibility index (Phi) is 5.86. The van der Waals surface area contributed by atoms with Gasteiger partial charge in [-0.1, -0.05) is 42.5 Å². The molecule has 1 saturated heterocycles. The van der Waals surface area contributed by atoms with Gasteiger partial charge in [-0.25, -0.2) is 4.79 Å². The molecule has 1 fully saturated rings. The van der Waals surface area contributed by atoms with E-state index in [1.807, 2.05) is 0 Å². The highest BCUT2D eigenvalue weighted by molar-refractivity contribution is 5.85. The van der Waals surface area contributed by atoms with E-state index in [0.717, 1.165) is 38.8 Å². The van der Waals surface area contributed by atoms with Crippen molar-refractivity contribution in [1.29, 1.82) is 0 Å². The smallest absolute Gasteiger partial charge is 0.450 e. The first-order chi connectivity index (χ1) is 14.1. The van der Waals surface area contributed by atoms with E-state index in [2.05, 4.69) is 71.5 Å². The molecular formula is C24H28N2O3. The summed E-state index contributed by atoms with van der Waals surface area (Å²) in [4.78, 5) is 15.4. The van der Waals surface area contributed by atoms with Crippen molar-refractivity contribution in [3.8, 4) is 0 Å². The summed E-state index contributed by atoms with van der Waals surface area (Å²) in [5.41, 5.74) is 6.47. The first-order valence-corrected chi connectivity index (χ1v) is 10.3. The SMILES string of the molecule is CN1c2ccccc2CC(=CCCN2CCCC(OC(=O)O)C2)c2ccccc21. The molecule has 1 atom stereocenters. The Labute approximate surface area is 172 Å². The molecule has 2 aromatic carbocycles. The molecule has 0 aliphatic carbocycles. The lowest BCUT2D eigenvalue weighted by molar-refractivity contribution is 0.0140. The third-order valence-electron chi connectivity index (χ3n) is 5.91. The molecular weight excluding hydrogens is 364 g/mol. The highest BCUT2D eigenvalue weighted by Crippen LogP contribution is 2.39. The van der Waals surface area contributed by atoms with Crippen LogP contribution in [0, 0.1) is 0 Å². The molecule has 29 heavy (non-hydrogen) atoms. The van der Waals surface area contributed by atoms with Crippen LogP contribution in [0.4, 0.5) is 16.2 Å². The van der Waals surface area contributed by atoms with E-state index in [9.17, 15) is 4.79 Å². The van der Waals surface area contributed by atoms with Gasteiger partial charge in [-0.3, -0.25) is 4.90 Å². The number of hydrogen-bond donors (Lipinski definition) is 1. The number of carboxylic acid groups (broad SMARTS) is 1. The lowest BCUT2D eigenvalue weighted by atomic mass is 9.97. The second-order valence-corrected chi connectivity index (χ2v) is 7.85. The Morgan fingerprint density at radius 1 is 1.17 bits per heavy atom. The molecule has 1 N–H and O–H groups in total. The van der Waals surface area contributed by atoms with Gasteiger partial charge in [0.05, 0.1) is 0 Å². The van der Waals surface area contributed by atoms with Gasteiger partial charge in [0, 0.05) is 37.1 Å². The predicted octanol–water partition coefficient (Wildman–Crippen LogP) is 4.94. The fourth-order valence-electron chi connectivity index (χ4n) is 4.51. The normalized spacial score (nSPS) is 20.7. The number of para-hydroxylation sites is 2. The summed E-state index contributed by atoms with van der Waals surface area (Å²) in [5.74, 6) is 0. The number of allylic oxidation sites excluding steroid dienone is 1. The molecule has 0 radical (unpaired) electrons. The van der Waals surface area contributed by atoms with Crippen LogP contribution < -0.4 is 4.90 Å². The molecule has 2 heterocycles. The quantitative estimate of drug-likeness (QED) is 0.747. The number of piperidine rings is 1. The van der Waals surface area contributed by atoms with Gasteiger partial charge >= 0.3 is 6.16 Å². The van der Waals surface area contributed by atoms with E-state index in [0.29, 0.717) is 6.54 Å². The average molecular weight is 392 g/mol. The molecule has 0 spiro atoms.